The molecule has 2 N–H and O–H groups in total. The number of nitrogens with two attached hydrogens (primary N) is 1. The number of ether oxygens (including phenoxy) is 1. The lowest BCUT2D eigenvalue weighted by Gasteiger charge is -2.31. The van der Waals surface area contributed by atoms with Crippen LogP contribution in [0.2, 0.25) is 0 Å². The van der Waals surface area contributed by atoms with Crippen LogP contribution in [0.3, 0.4) is 0 Å². The van der Waals surface area contributed by atoms with Crippen molar-refractivity contribution in [3.8, 4) is 5.88 Å². The van der Waals surface area contributed by atoms with Crippen LogP contribution >= 0.6 is 0 Å². The molecule has 0 atom stereocenters. The van der Waals surface area contributed by atoms with Crippen molar-refractivity contribution in [1.29, 1.82) is 0 Å². The van der Waals surface area contributed by atoms with Crippen LogP contribution in [0.5, 0.6) is 5.88 Å². The molecule has 1 aliphatic carbocycles. The van der Waals surface area contributed by atoms with Gasteiger partial charge in [-0.3, -0.25) is 0 Å². The van der Waals surface area contributed by atoms with Crippen LogP contribution in [0, 0.1) is 0 Å². The van der Waals surface area contributed by atoms with Gasteiger partial charge in [0.1, 0.15) is 0 Å². The molecule has 0 unspecified atom stereocenters. The fourth-order valence-electron chi connectivity index (χ4n) is 2.21. The first-order valence-electron chi connectivity index (χ1n) is 5.29. The summed E-state index contributed by atoms with van der Waals surface area (Å²) in [4.78, 5) is 4.24. The zero-order chi connectivity index (χ0) is 11.1. The minimum atomic E-state index is -0.177. The van der Waals surface area contributed by atoms with E-state index in [0.29, 0.717) is 5.88 Å². The lowest BCUT2D eigenvalue weighted by atomic mass is 9.80. The molecule has 2 rings (SSSR count). The second-order valence-corrected chi connectivity index (χ2v) is 4.89. The Labute approximate surface area is 90.7 Å². The maximum atomic E-state index is 6.22. The second-order valence-electron chi connectivity index (χ2n) is 4.89. The average molecular weight is 206 g/mol. The van der Waals surface area contributed by atoms with Gasteiger partial charge in [0, 0.05) is 23.2 Å². The molecule has 0 aromatic carbocycles. The SMILES string of the molecule is COc1ccc(C2(C(C)(C)N)CC2)cn1. The molecule has 0 radical (unpaired) electrons. The van der Waals surface area contributed by atoms with Crippen molar-refractivity contribution in [2.45, 2.75) is 37.6 Å². The Morgan fingerprint density at radius 3 is 2.40 bits per heavy atom. The number of methoxy groups -OCH3 is 1. The van der Waals surface area contributed by atoms with Crippen molar-refractivity contribution in [3.63, 3.8) is 0 Å². The molecular formula is C12H18N2O. The minimum absolute atomic E-state index is 0.131. The third-order valence-corrected chi connectivity index (χ3v) is 3.48. The van der Waals surface area contributed by atoms with E-state index in [1.165, 1.54) is 5.56 Å². The average Bonchev–Trinajstić information content (AvgIpc) is 2.98. The molecule has 0 amide bonds. The molecule has 1 fully saturated rings. The first kappa shape index (κ1) is 10.4. The van der Waals surface area contributed by atoms with E-state index in [-0.39, 0.29) is 11.0 Å². The molecule has 1 aromatic rings. The predicted octanol–water partition coefficient (Wildman–Crippen LogP) is 1.86. The molecule has 1 aromatic heterocycles. The van der Waals surface area contributed by atoms with E-state index >= 15 is 0 Å². The van der Waals surface area contributed by atoms with Crippen LogP contribution in [0.1, 0.15) is 32.3 Å². The number of hydrogen-bond acceptors (Lipinski definition) is 3. The summed E-state index contributed by atoms with van der Waals surface area (Å²) in [6.45, 7) is 4.18. The fraction of sp³-hybridized carbons (Fsp3) is 0.583. The first-order valence-corrected chi connectivity index (χ1v) is 5.29. The Bertz CT molecular complexity index is 347. The van der Waals surface area contributed by atoms with Gasteiger partial charge in [-0.05, 0) is 32.3 Å². The number of pyridine rings is 1. The van der Waals surface area contributed by atoms with E-state index in [2.05, 4.69) is 24.9 Å². The second kappa shape index (κ2) is 3.20. The molecule has 0 saturated heterocycles. The predicted molar refractivity (Wildman–Crippen MR) is 60.0 cm³/mol. The van der Waals surface area contributed by atoms with Gasteiger partial charge in [0.15, 0.2) is 0 Å². The van der Waals surface area contributed by atoms with Crippen LogP contribution < -0.4 is 10.5 Å². The Morgan fingerprint density at radius 1 is 1.40 bits per heavy atom. The molecule has 0 spiro atoms. The van der Waals surface area contributed by atoms with E-state index in [1.807, 2.05) is 12.3 Å². The van der Waals surface area contributed by atoms with Gasteiger partial charge in [0.2, 0.25) is 5.88 Å². The maximum absolute atomic E-state index is 6.22. The molecule has 1 aliphatic rings. The topological polar surface area (TPSA) is 48.1 Å². The summed E-state index contributed by atoms with van der Waals surface area (Å²) >= 11 is 0. The molecule has 3 heteroatoms. The van der Waals surface area contributed by atoms with Crippen molar-refractivity contribution in [1.82, 2.24) is 4.98 Å². The van der Waals surface area contributed by atoms with E-state index < -0.39 is 0 Å². The summed E-state index contributed by atoms with van der Waals surface area (Å²) in [5, 5.41) is 0. The standard InChI is InChI=1S/C12H18N2O/c1-11(2,13)12(6-7-12)9-4-5-10(15-3)14-8-9/h4-5,8H,6-7,13H2,1-3H3. The van der Waals surface area contributed by atoms with Gasteiger partial charge in [-0.15, -0.1) is 0 Å². The van der Waals surface area contributed by atoms with Gasteiger partial charge in [0.05, 0.1) is 7.11 Å². The highest BCUT2D eigenvalue weighted by atomic mass is 16.5. The minimum Gasteiger partial charge on any atom is -0.481 e. The lowest BCUT2D eigenvalue weighted by Crippen LogP contribution is -2.45. The number of rotatable bonds is 3. The molecule has 0 aliphatic heterocycles. The van der Waals surface area contributed by atoms with Crippen LogP contribution in [-0.2, 0) is 5.41 Å². The van der Waals surface area contributed by atoms with Gasteiger partial charge < -0.3 is 10.5 Å². The highest BCUT2D eigenvalue weighted by Crippen LogP contribution is 2.54. The Hall–Kier alpha value is -1.09. The van der Waals surface area contributed by atoms with Crippen molar-refractivity contribution in [2.24, 2.45) is 5.73 Å². The van der Waals surface area contributed by atoms with Crippen molar-refractivity contribution in [2.75, 3.05) is 7.11 Å². The summed E-state index contributed by atoms with van der Waals surface area (Å²) in [7, 11) is 1.63. The third kappa shape index (κ3) is 1.61. The summed E-state index contributed by atoms with van der Waals surface area (Å²) in [5.41, 5.74) is 7.41. The zero-order valence-corrected chi connectivity index (χ0v) is 9.58. The molecule has 3 nitrogen and oxygen atoms in total. The summed E-state index contributed by atoms with van der Waals surface area (Å²) in [5.74, 6) is 0.657. The normalized spacial score (nSPS) is 18.7. The quantitative estimate of drug-likeness (QED) is 0.821. The Kier molecular flexibility index (Phi) is 2.23. The van der Waals surface area contributed by atoms with Crippen molar-refractivity contribution >= 4 is 0 Å². The van der Waals surface area contributed by atoms with Gasteiger partial charge in [-0.25, -0.2) is 4.98 Å². The summed E-state index contributed by atoms with van der Waals surface area (Å²) in [6.07, 6.45) is 4.20. The number of hydrogen-bond donors (Lipinski definition) is 1. The highest BCUT2D eigenvalue weighted by molar-refractivity contribution is 5.35. The van der Waals surface area contributed by atoms with E-state index in [0.717, 1.165) is 12.8 Å². The van der Waals surface area contributed by atoms with Crippen LogP contribution in [0.15, 0.2) is 18.3 Å². The third-order valence-electron chi connectivity index (χ3n) is 3.48. The maximum Gasteiger partial charge on any atom is 0.212 e. The highest BCUT2D eigenvalue weighted by Gasteiger charge is 2.53. The summed E-state index contributed by atoms with van der Waals surface area (Å²) in [6, 6.07) is 3.98. The van der Waals surface area contributed by atoms with Crippen LogP contribution in [-0.4, -0.2) is 17.6 Å². The Balaban J connectivity index is 2.30. The molecule has 15 heavy (non-hydrogen) atoms. The number of nitrogens with zero attached hydrogens (tertiary/aromatic N) is 1. The van der Waals surface area contributed by atoms with E-state index in [4.69, 9.17) is 10.5 Å². The van der Waals surface area contributed by atoms with Gasteiger partial charge >= 0.3 is 0 Å². The first-order chi connectivity index (χ1) is 6.99. The molecular weight excluding hydrogens is 188 g/mol. The molecule has 1 saturated carbocycles. The van der Waals surface area contributed by atoms with Crippen LogP contribution in [0.4, 0.5) is 0 Å². The monoisotopic (exact) mass is 206 g/mol. The summed E-state index contributed by atoms with van der Waals surface area (Å²) < 4.78 is 5.05. The van der Waals surface area contributed by atoms with Crippen molar-refractivity contribution < 1.29 is 4.74 Å². The fourth-order valence-corrected chi connectivity index (χ4v) is 2.21. The van der Waals surface area contributed by atoms with E-state index in [9.17, 15) is 0 Å². The lowest BCUT2D eigenvalue weighted by molar-refractivity contribution is 0.383. The molecule has 1 heterocycles. The Morgan fingerprint density at radius 2 is 2.07 bits per heavy atom. The van der Waals surface area contributed by atoms with Crippen molar-refractivity contribution in [3.05, 3.63) is 23.9 Å². The van der Waals surface area contributed by atoms with E-state index in [1.54, 1.807) is 7.11 Å². The number of aromatic nitrogens is 1. The van der Waals surface area contributed by atoms with Crippen LogP contribution in [0.25, 0.3) is 0 Å². The van der Waals surface area contributed by atoms with Gasteiger partial charge in [0.25, 0.3) is 0 Å². The molecule has 0 bridgehead atoms. The van der Waals surface area contributed by atoms with Gasteiger partial charge in [-0.1, -0.05) is 6.07 Å². The zero-order valence-electron chi connectivity index (χ0n) is 9.58. The van der Waals surface area contributed by atoms with Gasteiger partial charge in [-0.2, -0.15) is 0 Å². The smallest absolute Gasteiger partial charge is 0.212 e. The molecule has 82 valence electrons. The largest absolute Gasteiger partial charge is 0.481 e.